The number of fused-ring (bicyclic) bond motifs is 7. The summed E-state index contributed by atoms with van der Waals surface area (Å²) in [4.78, 5) is 36.5. The van der Waals surface area contributed by atoms with Crippen LogP contribution in [0, 0.1) is 44.3 Å². The van der Waals surface area contributed by atoms with Gasteiger partial charge in [-0.3, -0.25) is 4.79 Å². The number of carbonyl (C=O) groups is 3. The second-order valence-corrected chi connectivity index (χ2v) is 20.3. The third-order valence-electron chi connectivity index (χ3n) is 17.0. The summed E-state index contributed by atoms with van der Waals surface area (Å²) in [7, 11) is 0. The molecule has 2 aliphatic heterocycles. The van der Waals surface area contributed by atoms with Crippen LogP contribution < -0.4 is 0 Å². The van der Waals surface area contributed by atoms with Crippen LogP contribution in [0.3, 0.4) is 0 Å². The highest BCUT2D eigenvalue weighted by Crippen LogP contribution is 2.74. The van der Waals surface area contributed by atoms with Crippen LogP contribution in [-0.4, -0.2) is 137 Å². The maximum Gasteiger partial charge on any atom is 0.335 e. The molecule has 6 fully saturated rings. The van der Waals surface area contributed by atoms with Crippen molar-refractivity contribution < 1.29 is 79.3 Å². The number of carboxylic acids is 3. The number of ether oxygens (including phenoxy) is 4. The summed E-state index contributed by atoms with van der Waals surface area (Å²) in [5.41, 5.74) is -0.313. The van der Waals surface area contributed by atoms with Gasteiger partial charge in [0.25, 0.3) is 0 Å². The fraction of sp³-hybridized carbons (Fsp3) is 0.833. The molecule has 0 amide bonds. The topological polar surface area (TPSA) is 270 Å². The summed E-state index contributed by atoms with van der Waals surface area (Å²) in [6.45, 7) is 15.0. The summed E-state index contributed by atoms with van der Waals surface area (Å²) < 4.78 is 23.4. The van der Waals surface area contributed by atoms with E-state index in [1.165, 1.54) is 11.1 Å². The number of rotatable bonds is 7. The number of hydrogen-bond donors (Lipinski definition) is 9. The molecular weight excluding hydrogens is 760 g/mol. The number of allylic oxidation sites excluding steroid dienone is 4. The first-order valence-corrected chi connectivity index (χ1v) is 20.6. The van der Waals surface area contributed by atoms with E-state index in [2.05, 4.69) is 53.7 Å². The second-order valence-electron chi connectivity index (χ2n) is 20.3. The Morgan fingerprint density at radius 3 is 1.86 bits per heavy atom. The van der Waals surface area contributed by atoms with Gasteiger partial charge in [-0.1, -0.05) is 64.8 Å². The maximum absolute atomic E-state index is 12.5. The molecule has 7 rings (SSSR count). The molecule has 2 heterocycles. The predicted octanol–water partition coefficient (Wildman–Crippen LogP) is 1.96. The zero-order chi connectivity index (χ0) is 42.9. The SMILES string of the molecule is CC1(C)[C@@H](O[C@@H]2O[C@H](C(=O)O)[C@@H](O)[C@H](O)[C@H]2O[C@@H]2O[C@H](C(=O)O)[C@@H](O)[C@H](O)[C@H]2O)CC[C@]2(C)C3=CC=C4[C@@H]5C[C@](C)(C(=O)O)[C@H](O)C[C@]5(C)CC[C@@]4(C)[C@]3(C)CC[C@@H]12. The molecule has 0 radical (unpaired) electrons. The molecule has 16 nitrogen and oxygen atoms in total. The van der Waals surface area contributed by atoms with Gasteiger partial charge in [0.15, 0.2) is 24.8 Å². The van der Waals surface area contributed by atoms with Crippen molar-refractivity contribution in [2.24, 2.45) is 44.3 Å². The molecule has 9 N–H and O–H groups in total. The summed E-state index contributed by atoms with van der Waals surface area (Å²) in [6.07, 6.45) is -11.1. The summed E-state index contributed by atoms with van der Waals surface area (Å²) in [6, 6.07) is 0. The summed E-state index contributed by atoms with van der Waals surface area (Å²) >= 11 is 0. The Bertz CT molecular complexity index is 1750. The molecule has 326 valence electrons. The van der Waals surface area contributed by atoms with E-state index in [0.29, 0.717) is 25.7 Å². The van der Waals surface area contributed by atoms with Crippen LogP contribution in [0.4, 0.5) is 0 Å². The Hall–Kier alpha value is -2.51. The normalized spacial score (nSPS) is 52.4. The number of carboxylic acid groups (broad SMARTS) is 3. The fourth-order valence-electron chi connectivity index (χ4n) is 12.9. The number of aliphatic hydroxyl groups is 6. The molecule has 7 aliphatic rings. The molecule has 58 heavy (non-hydrogen) atoms. The highest BCUT2D eigenvalue weighted by Gasteiger charge is 2.68. The van der Waals surface area contributed by atoms with E-state index in [1.807, 2.05) is 0 Å². The second kappa shape index (κ2) is 14.3. The zero-order valence-corrected chi connectivity index (χ0v) is 34.3. The van der Waals surface area contributed by atoms with E-state index in [4.69, 9.17) is 18.9 Å². The van der Waals surface area contributed by atoms with Crippen molar-refractivity contribution in [1.82, 2.24) is 0 Å². The van der Waals surface area contributed by atoms with Crippen molar-refractivity contribution in [3.8, 4) is 0 Å². The molecule has 0 aromatic carbocycles. The van der Waals surface area contributed by atoms with Crippen molar-refractivity contribution in [1.29, 1.82) is 0 Å². The standard InChI is InChI=1S/C42H62O16/c1-37(2)20-10-13-42(7)21(9-8-18-19-16-40(5,36(53)54)22(43)17-38(19,3)14-15-41(18,42)6)39(20,4)12-11-23(37)55-35-31(27(47)26(46)30(57-35)33(51)52)58-34-28(48)24(44)25(45)29(56-34)32(49)50/h8-9,19-20,22-31,34-35,43-48H,10-17H2,1-7H3,(H,49,50)(H,51,52)(H,53,54)/t19-,20-,22+,23-,24-,25-,26-,27-,28+,29-,30-,31+,34-,35+,38-,39-,40-,41+,42+/m0/s1. The Morgan fingerprint density at radius 2 is 1.26 bits per heavy atom. The third-order valence-corrected chi connectivity index (χ3v) is 17.0. The minimum atomic E-state index is -2.03. The molecule has 0 spiro atoms. The number of aliphatic hydroxyl groups excluding tert-OH is 6. The largest absolute Gasteiger partial charge is 0.481 e. The van der Waals surface area contributed by atoms with E-state index in [-0.39, 0.29) is 33.5 Å². The van der Waals surface area contributed by atoms with Gasteiger partial charge >= 0.3 is 17.9 Å². The minimum Gasteiger partial charge on any atom is -0.481 e. The molecule has 0 aromatic rings. The van der Waals surface area contributed by atoms with Crippen molar-refractivity contribution in [2.75, 3.05) is 0 Å². The van der Waals surface area contributed by atoms with Crippen molar-refractivity contribution in [3.63, 3.8) is 0 Å². The Morgan fingerprint density at radius 1 is 0.655 bits per heavy atom. The number of aliphatic carboxylic acids is 3. The quantitative estimate of drug-likeness (QED) is 0.166. The monoisotopic (exact) mass is 822 g/mol. The zero-order valence-electron chi connectivity index (χ0n) is 34.3. The van der Waals surface area contributed by atoms with Gasteiger partial charge in [0.05, 0.1) is 17.6 Å². The van der Waals surface area contributed by atoms with Crippen LogP contribution in [0.2, 0.25) is 0 Å². The summed E-state index contributed by atoms with van der Waals surface area (Å²) in [5, 5.41) is 94.1. The van der Waals surface area contributed by atoms with Crippen molar-refractivity contribution >= 4 is 17.9 Å². The van der Waals surface area contributed by atoms with E-state index in [9.17, 15) is 60.3 Å². The van der Waals surface area contributed by atoms with E-state index in [1.54, 1.807) is 6.92 Å². The van der Waals surface area contributed by atoms with Gasteiger partial charge in [0.1, 0.15) is 36.6 Å². The first kappa shape index (κ1) is 43.6. The highest BCUT2D eigenvalue weighted by molar-refractivity contribution is 5.75. The van der Waals surface area contributed by atoms with Crippen LogP contribution in [0.25, 0.3) is 0 Å². The minimum absolute atomic E-state index is 0.00546. The van der Waals surface area contributed by atoms with Crippen LogP contribution in [0.1, 0.15) is 99.8 Å². The lowest BCUT2D eigenvalue weighted by molar-refractivity contribution is -0.370. The lowest BCUT2D eigenvalue weighted by Crippen LogP contribution is -2.66. The lowest BCUT2D eigenvalue weighted by atomic mass is 9.36. The molecule has 16 heteroatoms. The predicted molar refractivity (Wildman–Crippen MR) is 200 cm³/mol. The number of hydrogen-bond acceptors (Lipinski definition) is 13. The molecule has 2 saturated heterocycles. The average molecular weight is 823 g/mol. The van der Waals surface area contributed by atoms with E-state index in [0.717, 1.165) is 25.7 Å². The smallest absolute Gasteiger partial charge is 0.335 e. The van der Waals surface area contributed by atoms with Crippen LogP contribution in [0.5, 0.6) is 0 Å². The van der Waals surface area contributed by atoms with Crippen molar-refractivity contribution in [2.45, 2.75) is 173 Å². The average Bonchev–Trinajstić information content (AvgIpc) is 3.13. The van der Waals surface area contributed by atoms with Crippen LogP contribution in [-0.2, 0) is 33.3 Å². The van der Waals surface area contributed by atoms with Gasteiger partial charge in [0, 0.05) is 0 Å². The van der Waals surface area contributed by atoms with Crippen molar-refractivity contribution in [3.05, 3.63) is 23.3 Å². The Labute approximate surface area is 337 Å². The Kier molecular flexibility index (Phi) is 10.7. The van der Waals surface area contributed by atoms with Gasteiger partial charge in [-0.15, -0.1) is 0 Å². The fourth-order valence-corrected chi connectivity index (χ4v) is 12.9. The van der Waals surface area contributed by atoms with Gasteiger partial charge in [0.2, 0.25) is 0 Å². The molecule has 5 aliphatic carbocycles. The molecule has 0 bridgehead atoms. The van der Waals surface area contributed by atoms with Gasteiger partial charge < -0.3 is 64.9 Å². The lowest BCUT2D eigenvalue weighted by Gasteiger charge is -2.69. The van der Waals surface area contributed by atoms with Crippen LogP contribution in [0.15, 0.2) is 23.3 Å². The van der Waals surface area contributed by atoms with Gasteiger partial charge in [-0.05, 0) is 97.2 Å². The first-order chi connectivity index (χ1) is 26.8. The molecule has 0 unspecified atom stereocenters. The third kappa shape index (κ3) is 6.17. The molecule has 4 saturated carbocycles. The van der Waals surface area contributed by atoms with E-state index < -0.39 is 102 Å². The molecule has 0 aromatic heterocycles. The molecular formula is C42H62O16. The van der Waals surface area contributed by atoms with Gasteiger partial charge in [-0.25, -0.2) is 9.59 Å². The van der Waals surface area contributed by atoms with E-state index >= 15 is 0 Å². The van der Waals surface area contributed by atoms with Gasteiger partial charge in [-0.2, -0.15) is 0 Å². The van der Waals surface area contributed by atoms with Crippen LogP contribution >= 0.6 is 0 Å². The Balaban J connectivity index is 1.18. The maximum atomic E-state index is 12.5. The summed E-state index contributed by atoms with van der Waals surface area (Å²) in [5.74, 6) is -4.18. The molecule has 19 atom stereocenters. The highest BCUT2D eigenvalue weighted by atomic mass is 16.8. The first-order valence-electron chi connectivity index (χ1n) is 20.6.